The molecule has 1 heterocycles. The Morgan fingerprint density at radius 2 is 2.14 bits per heavy atom. The normalized spacial score (nSPS) is 22.0. The number of rotatable bonds is 3. The highest BCUT2D eigenvalue weighted by atomic mass is 79.9. The fourth-order valence-electron chi connectivity index (χ4n) is 1.91. The lowest BCUT2D eigenvalue weighted by Gasteiger charge is -2.37. The zero-order chi connectivity index (χ0) is 15.8. The first kappa shape index (κ1) is 15.6. The standard InChI is InChI=1S/C13H11BrF2N2O3/c1-18(21)5-8(13(19)20)12(10(16)6-18)17-11-3-2-7(14)4-9(11)15/h2-5,17H,6H2,1H3,(H,19,20). The zero-order valence-electron chi connectivity index (χ0n) is 10.9. The number of anilines is 1. The van der Waals surface area contributed by atoms with Crippen molar-refractivity contribution in [1.82, 2.24) is 0 Å². The molecule has 1 aliphatic heterocycles. The van der Waals surface area contributed by atoms with Crippen molar-refractivity contribution < 1.29 is 23.3 Å². The summed E-state index contributed by atoms with van der Waals surface area (Å²) < 4.78 is 27.1. The van der Waals surface area contributed by atoms with Crippen LogP contribution in [0, 0.1) is 11.0 Å². The first-order valence-corrected chi connectivity index (χ1v) is 6.62. The molecule has 0 amide bonds. The first-order chi connectivity index (χ1) is 9.69. The van der Waals surface area contributed by atoms with Crippen LogP contribution in [0.15, 0.2) is 46.0 Å². The van der Waals surface area contributed by atoms with E-state index < -0.39 is 40.1 Å². The fraction of sp³-hybridized carbons (Fsp3) is 0.154. The summed E-state index contributed by atoms with van der Waals surface area (Å²) in [4.78, 5) is 11.2. The van der Waals surface area contributed by atoms with Gasteiger partial charge in [0.15, 0.2) is 5.83 Å². The van der Waals surface area contributed by atoms with Crippen molar-refractivity contribution in [3.05, 3.63) is 57.0 Å². The molecule has 0 saturated carbocycles. The van der Waals surface area contributed by atoms with Gasteiger partial charge in [-0.05, 0) is 18.2 Å². The number of carboxylic acids is 1. The summed E-state index contributed by atoms with van der Waals surface area (Å²) in [5, 5.41) is 23.3. The predicted octanol–water partition coefficient (Wildman–Crippen LogP) is 3.11. The van der Waals surface area contributed by atoms with Gasteiger partial charge in [0.1, 0.15) is 24.1 Å². The second-order valence-electron chi connectivity index (χ2n) is 4.71. The highest BCUT2D eigenvalue weighted by Gasteiger charge is 2.30. The summed E-state index contributed by atoms with van der Waals surface area (Å²) in [6.07, 6.45) is 0.866. The molecule has 1 aliphatic rings. The number of quaternary nitrogens is 1. The summed E-state index contributed by atoms with van der Waals surface area (Å²) in [6, 6.07) is 4.01. The molecule has 0 fully saturated rings. The number of nitrogens with one attached hydrogen (secondary N) is 1. The third-order valence-corrected chi connectivity index (χ3v) is 3.31. The molecular formula is C13H11BrF2N2O3. The van der Waals surface area contributed by atoms with Gasteiger partial charge in [0.2, 0.25) is 0 Å². The minimum absolute atomic E-state index is 0.0856. The minimum Gasteiger partial charge on any atom is -0.628 e. The second-order valence-corrected chi connectivity index (χ2v) is 5.62. The van der Waals surface area contributed by atoms with E-state index in [0.29, 0.717) is 4.47 Å². The van der Waals surface area contributed by atoms with E-state index in [9.17, 15) is 18.8 Å². The topological polar surface area (TPSA) is 72.4 Å². The SMILES string of the molecule is C[N+]1([O-])C=C(C(=O)O)C(Nc2ccc(Br)cc2F)=C(F)C1. The van der Waals surface area contributed by atoms with Crippen LogP contribution in [0.25, 0.3) is 0 Å². The smallest absolute Gasteiger partial charge is 0.343 e. The van der Waals surface area contributed by atoms with Crippen molar-refractivity contribution in [2.24, 2.45) is 0 Å². The molecule has 112 valence electrons. The van der Waals surface area contributed by atoms with Gasteiger partial charge in [-0.1, -0.05) is 15.9 Å². The molecule has 1 unspecified atom stereocenters. The number of hydrogen-bond acceptors (Lipinski definition) is 3. The third-order valence-electron chi connectivity index (χ3n) is 2.82. The molecule has 0 saturated heterocycles. The summed E-state index contributed by atoms with van der Waals surface area (Å²) >= 11 is 3.08. The molecule has 21 heavy (non-hydrogen) atoms. The monoisotopic (exact) mass is 360 g/mol. The Balaban J connectivity index is 2.42. The van der Waals surface area contributed by atoms with Gasteiger partial charge in [0.05, 0.1) is 18.4 Å². The van der Waals surface area contributed by atoms with Crippen LogP contribution in [0.5, 0.6) is 0 Å². The highest BCUT2D eigenvalue weighted by molar-refractivity contribution is 9.10. The maximum absolute atomic E-state index is 14.0. The number of carbonyl (C=O) groups is 1. The van der Waals surface area contributed by atoms with Crippen molar-refractivity contribution in [2.75, 3.05) is 18.9 Å². The highest BCUT2D eigenvalue weighted by Crippen LogP contribution is 2.29. The van der Waals surface area contributed by atoms with Gasteiger partial charge in [-0.25, -0.2) is 13.6 Å². The van der Waals surface area contributed by atoms with Crippen molar-refractivity contribution in [2.45, 2.75) is 0 Å². The number of benzene rings is 1. The van der Waals surface area contributed by atoms with E-state index in [1.54, 1.807) is 0 Å². The first-order valence-electron chi connectivity index (χ1n) is 5.83. The number of likely N-dealkylation sites (N-methyl/N-ethyl adjacent to an activating group) is 1. The van der Waals surface area contributed by atoms with Crippen LogP contribution in [0.3, 0.4) is 0 Å². The maximum Gasteiger partial charge on any atom is 0.343 e. The number of hydrogen-bond donors (Lipinski definition) is 2. The Morgan fingerprint density at radius 3 is 2.71 bits per heavy atom. The number of hydroxylamine groups is 3. The molecule has 2 N–H and O–H groups in total. The molecule has 0 spiro atoms. The number of nitrogens with zero attached hydrogens (tertiary/aromatic N) is 1. The van der Waals surface area contributed by atoms with Gasteiger partial charge < -0.3 is 20.3 Å². The summed E-state index contributed by atoms with van der Waals surface area (Å²) in [7, 11) is 1.12. The van der Waals surface area contributed by atoms with Gasteiger partial charge in [-0.15, -0.1) is 0 Å². The van der Waals surface area contributed by atoms with Gasteiger partial charge >= 0.3 is 5.97 Å². The van der Waals surface area contributed by atoms with E-state index in [0.717, 1.165) is 19.3 Å². The van der Waals surface area contributed by atoms with E-state index in [-0.39, 0.29) is 5.69 Å². The number of aliphatic carboxylic acids is 1. The lowest BCUT2D eigenvalue weighted by molar-refractivity contribution is -0.804. The molecule has 0 radical (unpaired) electrons. The van der Waals surface area contributed by atoms with E-state index in [1.165, 1.54) is 12.1 Å². The predicted molar refractivity (Wildman–Crippen MR) is 76.0 cm³/mol. The van der Waals surface area contributed by atoms with Crippen LogP contribution >= 0.6 is 15.9 Å². The van der Waals surface area contributed by atoms with E-state index in [4.69, 9.17) is 5.11 Å². The Morgan fingerprint density at radius 1 is 1.48 bits per heavy atom. The molecule has 0 bridgehead atoms. The maximum atomic E-state index is 14.0. The lowest BCUT2D eigenvalue weighted by atomic mass is 10.1. The number of carboxylic acid groups (broad SMARTS) is 1. The Labute approximate surface area is 127 Å². The van der Waals surface area contributed by atoms with E-state index >= 15 is 0 Å². The Kier molecular flexibility index (Phi) is 4.13. The third kappa shape index (κ3) is 3.46. The molecule has 0 aliphatic carbocycles. The van der Waals surface area contributed by atoms with Crippen molar-refractivity contribution >= 4 is 27.6 Å². The largest absolute Gasteiger partial charge is 0.628 e. The van der Waals surface area contributed by atoms with E-state index in [2.05, 4.69) is 21.2 Å². The molecule has 1 aromatic rings. The summed E-state index contributed by atoms with van der Waals surface area (Å²) in [5.74, 6) is -3.08. The Hall–Kier alpha value is -1.77. The average molecular weight is 361 g/mol. The molecule has 0 aromatic heterocycles. The summed E-state index contributed by atoms with van der Waals surface area (Å²) in [6.45, 7) is -0.558. The van der Waals surface area contributed by atoms with Gasteiger partial charge in [-0.3, -0.25) is 0 Å². The number of halogens is 3. The van der Waals surface area contributed by atoms with Crippen LogP contribution in [-0.2, 0) is 4.79 Å². The van der Waals surface area contributed by atoms with Gasteiger partial charge in [0.25, 0.3) is 0 Å². The van der Waals surface area contributed by atoms with Crippen molar-refractivity contribution in [3.8, 4) is 0 Å². The zero-order valence-corrected chi connectivity index (χ0v) is 12.4. The van der Waals surface area contributed by atoms with Crippen molar-refractivity contribution in [3.63, 3.8) is 0 Å². The molecular weight excluding hydrogens is 350 g/mol. The van der Waals surface area contributed by atoms with E-state index in [1.807, 2.05) is 0 Å². The summed E-state index contributed by atoms with van der Waals surface area (Å²) in [5.41, 5.74) is -1.02. The van der Waals surface area contributed by atoms with Crippen LogP contribution in [0.4, 0.5) is 14.5 Å². The molecule has 1 aromatic carbocycles. The fourth-order valence-corrected chi connectivity index (χ4v) is 2.24. The van der Waals surface area contributed by atoms with Crippen LogP contribution in [0.1, 0.15) is 0 Å². The lowest BCUT2D eigenvalue weighted by Crippen LogP contribution is -2.38. The van der Waals surface area contributed by atoms with Crippen LogP contribution in [0.2, 0.25) is 0 Å². The minimum atomic E-state index is -1.47. The molecule has 8 heteroatoms. The second kappa shape index (κ2) is 5.55. The van der Waals surface area contributed by atoms with Gasteiger partial charge in [-0.2, -0.15) is 0 Å². The average Bonchev–Trinajstić information content (AvgIpc) is 2.33. The quantitative estimate of drug-likeness (QED) is 0.641. The molecule has 1 atom stereocenters. The Bertz CT molecular complexity index is 671. The van der Waals surface area contributed by atoms with Gasteiger partial charge in [0, 0.05) is 4.47 Å². The van der Waals surface area contributed by atoms with Crippen LogP contribution < -0.4 is 5.32 Å². The van der Waals surface area contributed by atoms with Crippen LogP contribution in [-0.4, -0.2) is 29.3 Å². The molecule has 2 rings (SSSR count). The van der Waals surface area contributed by atoms with Crippen molar-refractivity contribution in [1.29, 1.82) is 0 Å². The molecule has 5 nitrogen and oxygen atoms in total.